The van der Waals surface area contributed by atoms with Crippen LogP contribution >= 0.6 is 0 Å². The van der Waals surface area contributed by atoms with Crippen molar-refractivity contribution in [2.45, 2.75) is 158 Å². The van der Waals surface area contributed by atoms with Crippen molar-refractivity contribution < 1.29 is 25.6 Å². The quantitative estimate of drug-likeness (QED) is 0.0493. The van der Waals surface area contributed by atoms with Crippen molar-refractivity contribution in [1.82, 2.24) is 0 Å². The maximum absolute atomic E-state index is 11.9. The number of aryl methyl sites for hydroxylation is 1. The number of hydrogen-bond donors (Lipinski definition) is 1. The van der Waals surface area contributed by atoms with Crippen molar-refractivity contribution >= 4 is 39.1 Å². The molecular formula is C36H60LiO6S2. The van der Waals surface area contributed by atoms with E-state index in [4.69, 9.17) is 4.18 Å². The summed E-state index contributed by atoms with van der Waals surface area (Å²) in [4.78, 5) is 0.299. The minimum absolute atomic E-state index is 0. The third-order valence-electron chi connectivity index (χ3n) is 7.82. The average Bonchev–Trinajstić information content (AvgIpc) is 3.01. The van der Waals surface area contributed by atoms with E-state index in [0.29, 0.717) is 6.42 Å². The van der Waals surface area contributed by atoms with Gasteiger partial charge in [-0.2, -0.15) is 16.8 Å². The predicted octanol–water partition coefficient (Wildman–Crippen LogP) is 10.3. The Morgan fingerprint density at radius 3 is 1.40 bits per heavy atom. The van der Waals surface area contributed by atoms with Gasteiger partial charge < -0.3 is 0 Å². The molecular weight excluding hydrogens is 599 g/mol. The normalized spacial score (nSPS) is 11.4. The molecule has 0 saturated heterocycles. The number of unbranched alkanes of at least 4 members (excludes halogenated alkanes) is 18. The molecule has 6 nitrogen and oxygen atoms in total. The number of benzene rings is 2. The first kappa shape index (κ1) is 43.9. The molecule has 0 aromatic heterocycles. The van der Waals surface area contributed by atoms with Crippen LogP contribution in [-0.2, 0) is 30.8 Å². The zero-order valence-electron chi connectivity index (χ0n) is 28.6. The zero-order valence-corrected chi connectivity index (χ0v) is 30.2. The molecule has 0 spiro atoms. The summed E-state index contributed by atoms with van der Waals surface area (Å²) >= 11 is 0. The molecule has 0 aliphatic carbocycles. The predicted molar refractivity (Wildman–Crippen MR) is 189 cm³/mol. The maximum Gasteiger partial charge on any atom is 0.296 e. The van der Waals surface area contributed by atoms with Crippen LogP contribution < -0.4 is 0 Å². The van der Waals surface area contributed by atoms with Crippen LogP contribution in [0.1, 0.15) is 148 Å². The van der Waals surface area contributed by atoms with E-state index in [2.05, 4.69) is 13.8 Å². The van der Waals surface area contributed by atoms with Gasteiger partial charge in [0.05, 0.1) is 16.4 Å². The van der Waals surface area contributed by atoms with Gasteiger partial charge in [0.25, 0.3) is 20.2 Å². The molecule has 45 heavy (non-hydrogen) atoms. The Morgan fingerprint density at radius 1 is 0.533 bits per heavy atom. The van der Waals surface area contributed by atoms with Gasteiger partial charge in [-0.1, -0.05) is 166 Å². The van der Waals surface area contributed by atoms with Crippen LogP contribution in [0.4, 0.5) is 0 Å². The van der Waals surface area contributed by atoms with E-state index < -0.39 is 20.2 Å². The van der Waals surface area contributed by atoms with Crippen LogP contribution in [-0.4, -0.2) is 46.9 Å². The minimum Gasteiger partial charge on any atom is -0.282 e. The molecule has 2 aromatic carbocycles. The van der Waals surface area contributed by atoms with Gasteiger partial charge in [-0.25, -0.2) is 0 Å². The monoisotopic (exact) mass is 659 g/mol. The van der Waals surface area contributed by atoms with Crippen molar-refractivity contribution in [3.8, 4) is 0 Å². The molecule has 0 bridgehead atoms. The second-order valence-corrected chi connectivity index (χ2v) is 14.8. The molecule has 0 atom stereocenters. The Balaban J connectivity index is 0.000000842. The first-order valence-electron chi connectivity index (χ1n) is 17.2. The molecule has 0 fully saturated rings. The van der Waals surface area contributed by atoms with Gasteiger partial charge in [0.1, 0.15) is 0 Å². The summed E-state index contributed by atoms with van der Waals surface area (Å²) in [5.41, 5.74) is 0.726. The Hall–Kier alpha value is -1.14. The van der Waals surface area contributed by atoms with Crippen molar-refractivity contribution in [2.75, 3.05) is 6.61 Å². The fraction of sp³-hybridized carbons (Fsp3) is 0.667. The molecule has 0 amide bonds. The second kappa shape index (κ2) is 27.9. The SMILES string of the molecule is CCCCCCCCCCCCOS(=O)(=O)c1ccccc1.CCCCCCCCCCCCc1ccccc1S(=O)(=O)O.[Li]. The summed E-state index contributed by atoms with van der Waals surface area (Å²) in [5.74, 6) is 0. The van der Waals surface area contributed by atoms with Gasteiger partial charge in [0.15, 0.2) is 0 Å². The third kappa shape index (κ3) is 22.9. The van der Waals surface area contributed by atoms with Crippen molar-refractivity contribution in [3.05, 3.63) is 60.2 Å². The molecule has 0 heterocycles. The molecule has 1 radical (unpaired) electrons. The summed E-state index contributed by atoms with van der Waals surface area (Å²) in [6.45, 7) is 4.76. The minimum atomic E-state index is -4.10. The van der Waals surface area contributed by atoms with E-state index in [0.717, 1.165) is 31.2 Å². The molecule has 2 aromatic rings. The fourth-order valence-electron chi connectivity index (χ4n) is 5.18. The number of rotatable bonds is 25. The summed E-state index contributed by atoms with van der Waals surface area (Å²) < 4.78 is 60.6. The van der Waals surface area contributed by atoms with Crippen LogP contribution in [0.3, 0.4) is 0 Å². The standard InChI is InChI=1S/2C18H30O3S.Li/c1-2-3-4-5-6-7-8-9-10-14-17-21-22(19,20)18-15-12-11-13-16-18;1-2-3-4-5-6-7-8-9-10-11-14-17-15-12-13-16-18(17)22(19,20)21;/h11-13,15-16H,2-10,14,17H2,1H3;12-13,15-16H,2-11,14H2,1H3,(H,19,20,21);. The Kier molecular flexibility index (Phi) is 27.2. The van der Waals surface area contributed by atoms with Gasteiger partial charge in [0, 0.05) is 18.9 Å². The molecule has 2 rings (SSSR count). The molecule has 1 N–H and O–H groups in total. The molecule has 0 saturated carbocycles. The van der Waals surface area contributed by atoms with Crippen molar-refractivity contribution in [1.29, 1.82) is 0 Å². The van der Waals surface area contributed by atoms with Gasteiger partial charge in [-0.15, -0.1) is 0 Å². The summed E-state index contributed by atoms with van der Waals surface area (Å²) in [6, 6.07) is 15.1. The first-order valence-corrected chi connectivity index (χ1v) is 20.1. The smallest absolute Gasteiger partial charge is 0.282 e. The summed E-state index contributed by atoms with van der Waals surface area (Å²) in [5, 5.41) is 0. The molecule has 9 heteroatoms. The van der Waals surface area contributed by atoms with Gasteiger partial charge in [-0.05, 0) is 43.0 Å². The molecule has 0 unspecified atom stereocenters. The topological polar surface area (TPSA) is 97.7 Å². The number of hydrogen-bond acceptors (Lipinski definition) is 5. The van der Waals surface area contributed by atoms with Crippen LogP contribution in [0.25, 0.3) is 0 Å². The van der Waals surface area contributed by atoms with Crippen LogP contribution in [0.15, 0.2) is 64.4 Å². The van der Waals surface area contributed by atoms with Crippen molar-refractivity contribution in [3.63, 3.8) is 0 Å². The van der Waals surface area contributed by atoms with Gasteiger partial charge in [-0.3, -0.25) is 8.74 Å². The Labute approximate surface area is 288 Å². The zero-order chi connectivity index (χ0) is 32.4. The van der Waals surface area contributed by atoms with Crippen LogP contribution in [0.5, 0.6) is 0 Å². The second-order valence-electron chi connectivity index (χ2n) is 11.8. The molecule has 0 aliphatic heterocycles. The third-order valence-corrected chi connectivity index (χ3v) is 10.1. The average molecular weight is 660 g/mol. The Bertz CT molecular complexity index is 1170. The van der Waals surface area contributed by atoms with E-state index in [9.17, 15) is 21.4 Å². The Morgan fingerprint density at radius 2 is 0.933 bits per heavy atom. The van der Waals surface area contributed by atoms with Crippen LogP contribution in [0, 0.1) is 0 Å². The van der Waals surface area contributed by atoms with E-state index >= 15 is 0 Å². The fourth-order valence-corrected chi connectivity index (χ4v) is 6.89. The molecule has 253 valence electrons. The first-order chi connectivity index (χ1) is 21.2. The van der Waals surface area contributed by atoms with Gasteiger partial charge in [0.2, 0.25) is 0 Å². The van der Waals surface area contributed by atoms with Gasteiger partial charge >= 0.3 is 0 Å². The summed E-state index contributed by atoms with van der Waals surface area (Å²) in [6.07, 6.45) is 25.6. The maximum atomic E-state index is 11.9. The summed E-state index contributed by atoms with van der Waals surface area (Å²) in [7, 11) is -7.67. The van der Waals surface area contributed by atoms with E-state index in [-0.39, 0.29) is 35.3 Å². The molecule has 0 aliphatic rings. The van der Waals surface area contributed by atoms with Crippen molar-refractivity contribution in [2.24, 2.45) is 0 Å². The van der Waals surface area contributed by atoms with E-state index in [1.54, 1.807) is 42.5 Å². The van der Waals surface area contributed by atoms with Crippen LogP contribution in [0.2, 0.25) is 0 Å². The largest absolute Gasteiger partial charge is 0.296 e. The van der Waals surface area contributed by atoms with E-state index in [1.807, 2.05) is 6.07 Å². The van der Waals surface area contributed by atoms with E-state index in [1.165, 1.54) is 109 Å².